The van der Waals surface area contributed by atoms with Crippen LogP contribution in [0.2, 0.25) is 0 Å². The van der Waals surface area contributed by atoms with Gasteiger partial charge in [-0.2, -0.15) is 4.98 Å². The van der Waals surface area contributed by atoms with Crippen molar-refractivity contribution in [2.24, 2.45) is 0 Å². The van der Waals surface area contributed by atoms with E-state index in [1.54, 1.807) is 25.5 Å². The summed E-state index contributed by atoms with van der Waals surface area (Å²) in [6.45, 7) is 5.63. The van der Waals surface area contributed by atoms with Crippen LogP contribution in [0.25, 0.3) is 22.4 Å². The van der Waals surface area contributed by atoms with Crippen molar-refractivity contribution in [3.63, 3.8) is 0 Å². The van der Waals surface area contributed by atoms with E-state index >= 15 is 0 Å². The van der Waals surface area contributed by atoms with Gasteiger partial charge in [0.25, 0.3) is 0 Å². The average Bonchev–Trinajstić information content (AvgIpc) is 3.25. The number of imidazole rings is 1. The van der Waals surface area contributed by atoms with Crippen LogP contribution in [0, 0.1) is 5.82 Å². The quantitative estimate of drug-likeness (QED) is 0.535. The fourth-order valence-corrected chi connectivity index (χ4v) is 3.57. The van der Waals surface area contributed by atoms with E-state index in [9.17, 15) is 9.18 Å². The number of carbonyl (C=O) groups is 1. The number of nitrogens with zero attached hydrogens (tertiary/aromatic N) is 5. The zero-order valence-electron chi connectivity index (χ0n) is 18.3. The Labute approximate surface area is 185 Å². The van der Waals surface area contributed by atoms with Crippen molar-refractivity contribution in [2.75, 3.05) is 44.9 Å². The van der Waals surface area contributed by atoms with E-state index in [0.717, 1.165) is 12.2 Å². The molecule has 3 aromatic rings. The van der Waals surface area contributed by atoms with Gasteiger partial charge in [0.1, 0.15) is 11.2 Å². The molecule has 10 heteroatoms. The highest BCUT2D eigenvalue weighted by atomic mass is 19.1. The Bertz CT molecular complexity index is 1100. The molecule has 0 atom stereocenters. The Morgan fingerprint density at radius 1 is 1.28 bits per heavy atom. The first-order valence-corrected chi connectivity index (χ1v) is 10.8. The van der Waals surface area contributed by atoms with Gasteiger partial charge in [-0.25, -0.2) is 14.4 Å². The lowest BCUT2D eigenvalue weighted by atomic mass is 10.1. The second-order valence-electron chi connectivity index (χ2n) is 7.44. The minimum atomic E-state index is -0.466. The summed E-state index contributed by atoms with van der Waals surface area (Å²) in [5.74, 6) is 0.178. The van der Waals surface area contributed by atoms with Gasteiger partial charge in [0.2, 0.25) is 11.9 Å². The Hall–Kier alpha value is -3.27. The Balaban J connectivity index is 1.67. The first kappa shape index (κ1) is 21.9. The first-order valence-electron chi connectivity index (χ1n) is 10.8. The van der Waals surface area contributed by atoms with Gasteiger partial charge in [-0.15, -0.1) is 0 Å². The molecule has 1 saturated heterocycles. The summed E-state index contributed by atoms with van der Waals surface area (Å²) >= 11 is 0. The Morgan fingerprint density at radius 3 is 2.84 bits per heavy atom. The summed E-state index contributed by atoms with van der Waals surface area (Å²) in [5.41, 5.74) is 2.70. The molecule has 1 aromatic carbocycles. The molecule has 1 fully saturated rings. The molecule has 0 spiro atoms. The molecular formula is C22H27FN6O3. The van der Waals surface area contributed by atoms with Crippen molar-refractivity contribution >= 4 is 23.0 Å². The number of anilines is 1. The van der Waals surface area contributed by atoms with E-state index in [1.165, 1.54) is 6.07 Å². The third kappa shape index (κ3) is 4.64. The number of nitrogens with one attached hydrogen (secondary N) is 1. The summed E-state index contributed by atoms with van der Waals surface area (Å²) in [4.78, 5) is 27.5. The number of fused-ring (bicyclic) bond motifs is 1. The Kier molecular flexibility index (Phi) is 6.79. The second kappa shape index (κ2) is 9.90. The van der Waals surface area contributed by atoms with Crippen LogP contribution in [0.1, 0.15) is 19.8 Å². The van der Waals surface area contributed by atoms with Crippen LogP contribution in [-0.4, -0.2) is 65.4 Å². The lowest BCUT2D eigenvalue weighted by Crippen LogP contribution is -2.37. The van der Waals surface area contributed by atoms with Gasteiger partial charge in [-0.3, -0.25) is 4.79 Å². The fraction of sp³-hybridized carbons (Fsp3) is 0.455. The number of aromatic nitrogens is 4. The van der Waals surface area contributed by atoms with Gasteiger partial charge in [0, 0.05) is 38.7 Å². The number of hydrogen-bond donors (Lipinski definition) is 1. The maximum absolute atomic E-state index is 14.4. The van der Waals surface area contributed by atoms with Gasteiger partial charge in [0.05, 0.1) is 26.1 Å². The SMILES string of the molecule is CCn1cnc2c(-c3ccc(F)c(OCCCC(=O)NC)c3)nc(N3CCOCC3)nc21. The molecule has 1 aliphatic rings. The lowest BCUT2D eigenvalue weighted by Gasteiger charge is -2.27. The molecule has 32 heavy (non-hydrogen) atoms. The molecule has 0 bridgehead atoms. The number of benzene rings is 1. The number of morpholine rings is 1. The van der Waals surface area contributed by atoms with Crippen LogP contribution < -0.4 is 15.0 Å². The third-order valence-corrected chi connectivity index (χ3v) is 5.38. The van der Waals surface area contributed by atoms with E-state index in [2.05, 4.69) is 15.2 Å². The van der Waals surface area contributed by atoms with Gasteiger partial charge in [-0.05, 0) is 31.5 Å². The van der Waals surface area contributed by atoms with E-state index in [-0.39, 0.29) is 18.3 Å². The molecule has 1 aliphatic heterocycles. The average molecular weight is 442 g/mol. The number of amides is 1. The molecule has 0 unspecified atom stereocenters. The molecule has 4 rings (SSSR count). The summed E-state index contributed by atoms with van der Waals surface area (Å²) in [5, 5.41) is 2.56. The summed E-state index contributed by atoms with van der Waals surface area (Å²) in [7, 11) is 1.58. The van der Waals surface area contributed by atoms with Gasteiger partial charge in [0.15, 0.2) is 17.2 Å². The number of hydrogen-bond acceptors (Lipinski definition) is 7. The number of rotatable bonds is 8. The fourth-order valence-electron chi connectivity index (χ4n) is 3.57. The monoisotopic (exact) mass is 442 g/mol. The van der Waals surface area contributed by atoms with Crippen LogP contribution in [0.4, 0.5) is 10.3 Å². The molecule has 0 saturated carbocycles. The summed E-state index contributed by atoms with van der Waals surface area (Å²) in [6.07, 6.45) is 2.55. The largest absolute Gasteiger partial charge is 0.490 e. The highest BCUT2D eigenvalue weighted by Gasteiger charge is 2.20. The zero-order chi connectivity index (χ0) is 22.5. The van der Waals surface area contributed by atoms with Crippen molar-refractivity contribution in [2.45, 2.75) is 26.3 Å². The van der Waals surface area contributed by atoms with E-state index in [0.29, 0.717) is 61.9 Å². The summed E-state index contributed by atoms with van der Waals surface area (Å²) in [6, 6.07) is 4.66. The number of carbonyl (C=O) groups excluding carboxylic acids is 1. The van der Waals surface area contributed by atoms with Gasteiger partial charge >= 0.3 is 0 Å². The number of ether oxygens (including phenoxy) is 2. The van der Waals surface area contributed by atoms with Crippen molar-refractivity contribution in [1.29, 1.82) is 0 Å². The van der Waals surface area contributed by atoms with Crippen LogP contribution in [0.5, 0.6) is 5.75 Å². The minimum Gasteiger partial charge on any atom is -0.490 e. The predicted molar refractivity (Wildman–Crippen MR) is 118 cm³/mol. The zero-order valence-corrected chi connectivity index (χ0v) is 18.3. The summed E-state index contributed by atoms with van der Waals surface area (Å²) < 4.78 is 27.4. The first-order chi connectivity index (χ1) is 15.6. The molecule has 1 amide bonds. The van der Waals surface area contributed by atoms with Crippen LogP contribution in [-0.2, 0) is 16.1 Å². The number of halogens is 1. The standard InChI is InChI=1S/C22H27FN6O3/c1-3-28-14-25-20-19(26-22(27-21(20)28)29-8-11-31-12-9-29)15-6-7-16(23)17(13-15)32-10-4-5-18(30)24-2/h6-7,13-14H,3-5,8-12H2,1-2H3,(H,24,30). The van der Waals surface area contributed by atoms with Crippen LogP contribution >= 0.6 is 0 Å². The van der Waals surface area contributed by atoms with Gasteiger partial charge in [-0.1, -0.05) is 0 Å². The predicted octanol–water partition coefficient (Wildman–Crippen LogP) is 2.39. The van der Waals surface area contributed by atoms with E-state index in [1.807, 2.05) is 11.5 Å². The number of aryl methyl sites for hydroxylation is 1. The van der Waals surface area contributed by atoms with Crippen LogP contribution in [0.15, 0.2) is 24.5 Å². The molecule has 9 nitrogen and oxygen atoms in total. The second-order valence-corrected chi connectivity index (χ2v) is 7.44. The molecular weight excluding hydrogens is 415 g/mol. The molecule has 0 aliphatic carbocycles. The van der Waals surface area contributed by atoms with E-state index in [4.69, 9.17) is 19.4 Å². The minimum absolute atomic E-state index is 0.0756. The molecule has 1 N–H and O–H groups in total. The normalized spacial score (nSPS) is 14.0. The van der Waals surface area contributed by atoms with Gasteiger partial charge < -0.3 is 24.3 Å². The van der Waals surface area contributed by atoms with Crippen molar-refractivity contribution < 1.29 is 18.7 Å². The van der Waals surface area contributed by atoms with E-state index < -0.39 is 5.82 Å². The third-order valence-electron chi connectivity index (χ3n) is 5.38. The molecule has 0 radical (unpaired) electrons. The highest BCUT2D eigenvalue weighted by Crippen LogP contribution is 2.31. The molecule has 170 valence electrons. The smallest absolute Gasteiger partial charge is 0.228 e. The van der Waals surface area contributed by atoms with Crippen molar-refractivity contribution in [3.8, 4) is 17.0 Å². The van der Waals surface area contributed by atoms with Crippen molar-refractivity contribution in [3.05, 3.63) is 30.3 Å². The molecule has 2 aromatic heterocycles. The molecule has 3 heterocycles. The lowest BCUT2D eigenvalue weighted by molar-refractivity contribution is -0.120. The maximum Gasteiger partial charge on any atom is 0.228 e. The van der Waals surface area contributed by atoms with Crippen LogP contribution in [0.3, 0.4) is 0 Å². The highest BCUT2D eigenvalue weighted by molar-refractivity contribution is 5.88. The topological polar surface area (TPSA) is 94.4 Å². The maximum atomic E-state index is 14.4. The van der Waals surface area contributed by atoms with Crippen molar-refractivity contribution in [1.82, 2.24) is 24.8 Å². The Morgan fingerprint density at radius 2 is 2.09 bits per heavy atom.